The Morgan fingerprint density at radius 2 is 1.63 bits per heavy atom. The molecule has 35 heavy (non-hydrogen) atoms. The molecule has 0 unspecified atom stereocenters. The Hall–Kier alpha value is -4.35. The third-order valence-corrected chi connectivity index (χ3v) is 6.13. The standard InChI is InChI=1S/C27H22N4O3S/c1-33-20-10-6-18(7-11-20)22-15-24(19-8-12-21(34-2)13-9-19)30-27(23(22)16-28)35-17-26(32)31-25-5-3-4-14-29-25/h3-15H,17H2,1-2H3,(H,29,31,32). The highest BCUT2D eigenvalue weighted by Crippen LogP contribution is 2.35. The maximum absolute atomic E-state index is 12.5. The molecule has 2 heterocycles. The van der Waals surface area contributed by atoms with E-state index in [2.05, 4.69) is 16.4 Å². The molecule has 0 atom stereocenters. The lowest BCUT2D eigenvalue weighted by Crippen LogP contribution is -2.15. The van der Waals surface area contributed by atoms with E-state index < -0.39 is 0 Å². The van der Waals surface area contributed by atoms with Crippen LogP contribution < -0.4 is 14.8 Å². The molecule has 8 heteroatoms. The van der Waals surface area contributed by atoms with Gasteiger partial charge in [-0.1, -0.05) is 30.0 Å². The summed E-state index contributed by atoms with van der Waals surface area (Å²) in [5, 5.41) is 13.3. The minimum atomic E-state index is -0.236. The summed E-state index contributed by atoms with van der Waals surface area (Å²) in [7, 11) is 3.22. The van der Waals surface area contributed by atoms with E-state index in [1.807, 2.05) is 54.6 Å². The SMILES string of the molecule is COc1ccc(-c2cc(-c3ccc(OC)cc3)c(C#N)c(SCC(=O)Nc3ccccn3)n2)cc1. The van der Waals surface area contributed by atoms with Crippen LogP contribution in [0, 0.1) is 11.3 Å². The molecule has 4 rings (SSSR count). The Kier molecular flexibility index (Phi) is 7.60. The second-order valence-corrected chi connectivity index (χ2v) is 8.32. The number of benzene rings is 2. The molecule has 0 radical (unpaired) electrons. The number of amides is 1. The number of nitriles is 1. The van der Waals surface area contributed by atoms with Crippen molar-refractivity contribution in [2.45, 2.75) is 5.03 Å². The number of hydrogen-bond acceptors (Lipinski definition) is 7. The minimum absolute atomic E-state index is 0.0758. The fourth-order valence-corrected chi connectivity index (χ4v) is 4.19. The number of carbonyl (C=O) groups is 1. The van der Waals surface area contributed by atoms with E-state index in [1.165, 1.54) is 11.8 Å². The van der Waals surface area contributed by atoms with Crippen LogP contribution in [0.2, 0.25) is 0 Å². The lowest BCUT2D eigenvalue weighted by Gasteiger charge is -2.13. The number of hydrogen-bond donors (Lipinski definition) is 1. The van der Waals surface area contributed by atoms with E-state index in [0.717, 1.165) is 28.2 Å². The summed E-state index contributed by atoms with van der Waals surface area (Å²) in [6.07, 6.45) is 1.61. The Balaban J connectivity index is 1.71. The van der Waals surface area contributed by atoms with Gasteiger partial charge < -0.3 is 14.8 Å². The molecular formula is C27H22N4O3S. The van der Waals surface area contributed by atoms with Crippen LogP contribution in [0.25, 0.3) is 22.4 Å². The third-order valence-electron chi connectivity index (χ3n) is 5.16. The van der Waals surface area contributed by atoms with Crippen molar-refractivity contribution in [1.29, 1.82) is 5.26 Å². The first-order chi connectivity index (χ1) is 17.1. The van der Waals surface area contributed by atoms with Gasteiger partial charge in [0.25, 0.3) is 0 Å². The van der Waals surface area contributed by atoms with Crippen LogP contribution >= 0.6 is 11.8 Å². The summed E-state index contributed by atoms with van der Waals surface area (Å²) in [5.41, 5.74) is 3.53. The van der Waals surface area contributed by atoms with Crippen LogP contribution in [-0.4, -0.2) is 35.8 Å². The van der Waals surface area contributed by atoms with Crippen molar-refractivity contribution in [3.63, 3.8) is 0 Å². The molecule has 1 N–H and O–H groups in total. The molecule has 0 aliphatic heterocycles. The van der Waals surface area contributed by atoms with Crippen molar-refractivity contribution in [3.05, 3.63) is 84.6 Å². The van der Waals surface area contributed by atoms with Crippen molar-refractivity contribution in [2.75, 3.05) is 25.3 Å². The molecule has 0 aliphatic carbocycles. The fourth-order valence-electron chi connectivity index (χ4n) is 3.39. The first-order valence-corrected chi connectivity index (χ1v) is 11.7. The second kappa shape index (κ2) is 11.2. The average molecular weight is 483 g/mol. The summed E-state index contributed by atoms with van der Waals surface area (Å²) < 4.78 is 10.5. The molecule has 174 valence electrons. The Morgan fingerprint density at radius 3 is 2.20 bits per heavy atom. The Labute approximate surface area is 207 Å². The van der Waals surface area contributed by atoms with Gasteiger partial charge in [0.1, 0.15) is 28.4 Å². The number of methoxy groups -OCH3 is 2. The number of pyridine rings is 2. The normalized spacial score (nSPS) is 10.3. The summed E-state index contributed by atoms with van der Waals surface area (Å²) in [6.45, 7) is 0. The smallest absolute Gasteiger partial charge is 0.235 e. The van der Waals surface area contributed by atoms with E-state index in [1.54, 1.807) is 38.6 Å². The lowest BCUT2D eigenvalue weighted by molar-refractivity contribution is -0.113. The number of nitrogens with zero attached hydrogens (tertiary/aromatic N) is 3. The maximum Gasteiger partial charge on any atom is 0.235 e. The van der Waals surface area contributed by atoms with Crippen LogP contribution in [-0.2, 0) is 4.79 Å². The second-order valence-electron chi connectivity index (χ2n) is 7.36. The zero-order valence-corrected chi connectivity index (χ0v) is 20.0. The van der Waals surface area contributed by atoms with Crippen molar-refractivity contribution >= 4 is 23.5 Å². The quantitative estimate of drug-likeness (QED) is 0.334. The van der Waals surface area contributed by atoms with Gasteiger partial charge in [-0.2, -0.15) is 5.26 Å². The van der Waals surface area contributed by atoms with Gasteiger partial charge in [0.05, 0.1) is 31.2 Å². The van der Waals surface area contributed by atoms with E-state index in [-0.39, 0.29) is 11.7 Å². The molecule has 4 aromatic rings. The molecule has 2 aromatic carbocycles. The zero-order chi connectivity index (χ0) is 24.6. The van der Waals surface area contributed by atoms with Crippen molar-refractivity contribution in [2.24, 2.45) is 0 Å². The summed E-state index contributed by atoms with van der Waals surface area (Å²) in [6, 6.07) is 24.5. The fraction of sp³-hybridized carbons (Fsp3) is 0.111. The van der Waals surface area contributed by atoms with Crippen LogP contribution in [0.5, 0.6) is 11.5 Å². The van der Waals surface area contributed by atoms with Crippen LogP contribution in [0.4, 0.5) is 5.82 Å². The molecule has 1 amide bonds. The van der Waals surface area contributed by atoms with Crippen LogP contribution in [0.1, 0.15) is 5.56 Å². The molecule has 7 nitrogen and oxygen atoms in total. The van der Waals surface area contributed by atoms with Gasteiger partial charge in [0, 0.05) is 17.3 Å². The number of thioether (sulfide) groups is 1. The third kappa shape index (κ3) is 5.78. The number of anilines is 1. The number of aromatic nitrogens is 2. The Morgan fingerprint density at radius 1 is 0.971 bits per heavy atom. The molecular weight excluding hydrogens is 460 g/mol. The maximum atomic E-state index is 12.5. The van der Waals surface area contributed by atoms with Gasteiger partial charge in [0.15, 0.2) is 0 Å². The van der Waals surface area contributed by atoms with Gasteiger partial charge in [-0.05, 0) is 60.2 Å². The zero-order valence-electron chi connectivity index (χ0n) is 19.2. The Bertz CT molecular complexity index is 1350. The van der Waals surface area contributed by atoms with Gasteiger partial charge in [-0.3, -0.25) is 4.79 Å². The highest BCUT2D eigenvalue weighted by molar-refractivity contribution is 8.00. The van der Waals surface area contributed by atoms with Crippen LogP contribution in [0.15, 0.2) is 84.0 Å². The number of ether oxygens (including phenoxy) is 2. The highest BCUT2D eigenvalue weighted by atomic mass is 32.2. The van der Waals surface area contributed by atoms with E-state index >= 15 is 0 Å². The summed E-state index contributed by atoms with van der Waals surface area (Å²) in [5.74, 6) is 1.76. The number of carbonyl (C=O) groups excluding carboxylic acids is 1. The van der Waals surface area contributed by atoms with E-state index in [9.17, 15) is 10.1 Å². The average Bonchev–Trinajstić information content (AvgIpc) is 2.92. The summed E-state index contributed by atoms with van der Waals surface area (Å²) >= 11 is 1.21. The highest BCUT2D eigenvalue weighted by Gasteiger charge is 2.17. The van der Waals surface area contributed by atoms with Crippen molar-refractivity contribution in [3.8, 4) is 40.0 Å². The van der Waals surface area contributed by atoms with Crippen molar-refractivity contribution < 1.29 is 14.3 Å². The molecule has 0 fully saturated rings. The molecule has 0 saturated heterocycles. The van der Waals surface area contributed by atoms with Crippen molar-refractivity contribution in [1.82, 2.24) is 9.97 Å². The molecule has 0 spiro atoms. The van der Waals surface area contributed by atoms with Crippen LogP contribution in [0.3, 0.4) is 0 Å². The minimum Gasteiger partial charge on any atom is -0.497 e. The van der Waals surface area contributed by atoms with E-state index in [4.69, 9.17) is 14.5 Å². The largest absolute Gasteiger partial charge is 0.497 e. The number of nitrogens with one attached hydrogen (secondary N) is 1. The topological polar surface area (TPSA) is 97.1 Å². The van der Waals surface area contributed by atoms with Gasteiger partial charge in [-0.15, -0.1) is 0 Å². The molecule has 0 aliphatic rings. The first-order valence-electron chi connectivity index (χ1n) is 10.7. The molecule has 0 saturated carbocycles. The number of rotatable bonds is 8. The lowest BCUT2D eigenvalue weighted by atomic mass is 9.99. The van der Waals surface area contributed by atoms with Gasteiger partial charge in [0.2, 0.25) is 5.91 Å². The predicted molar refractivity (Wildman–Crippen MR) is 137 cm³/mol. The molecule has 2 aromatic heterocycles. The monoisotopic (exact) mass is 482 g/mol. The predicted octanol–water partition coefficient (Wildman–Crippen LogP) is 5.43. The van der Waals surface area contributed by atoms with E-state index in [0.29, 0.717) is 22.1 Å². The molecule has 0 bridgehead atoms. The summed E-state index contributed by atoms with van der Waals surface area (Å²) in [4.78, 5) is 21.4. The van der Waals surface area contributed by atoms with Gasteiger partial charge in [-0.25, -0.2) is 9.97 Å². The van der Waals surface area contributed by atoms with Gasteiger partial charge >= 0.3 is 0 Å². The first kappa shape index (κ1) is 23.8.